The van der Waals surface area contributed by atoms with Gasteiger partial charge in [-0.3, -0.25) is 0 Å². The Balaban J connectivity index is 1.13. The molecule has 0 bridgehead atoms. The number of fused-ring (bicyclic) bond motifs is 6. The second kappa shape index (κ2) is 14.9. The first-order chi connectivity index (χ1) is 31.3. The van der Waals surface area contributed by atoms with Crippen LogP contribution in [-0.4, -0.2) is 0 Å². The van der Waals surface area contributed by atoms with Gasteiger partial charge >= 0.3 is 0 Å². The zero-order valence-electron chi connectivity index (χ0n) is 34.8. The quantitative estimate of drug-likeness (QED) is 0.148. The fourth-order valence-electron chi connectivity index (χ4n) is 11.2. The van der Waals surface area contributed by atoms with Gasteiger partial charge in [-0.25, -0.2) is 0 Å². The van der Waals surface area contributed by atoms with Crippen LogP contribution >= 0.6 is 0 Å². The zero-order chi connectivity index (χ0) is 41.8. The van der Waals surface area contributed by atoms with Gasteiger partial charge in [0, 0.05) is 16.8 Å². The molecule has 0 saturated carbocycles. The average molecular weight is 802 g/mol. The van der Waals surface area contributed by atoms with Gasteiger partial charge in [0.05, 0.1) is 22.2 Å². The van der Waals surface area contributed by atoms with Crippen molar-refractivity contribution in [2.24, 2.45) is 0 Å². The molecule has 12 rings (SSSR count). The first-order valence-corrected chi connectivity index (χ1v) is 21.9. The second-order valence-electron chi connectivity index (χ2n) is 16.7. The topological polar surface area (TPSA) is 3.24 Å². The summed E-state index contributed by atoms with van der Waals surface area (Å²) >= 11 is 0. The van der Waals surface area contributed by atoms with Crippen molar-refractivity contribution in [3.8, 4) is 33.4 Å². The van der Waals surface area contributed by atoms with E-state index in [-0.39, 0.29) is 0 Å². The minimum atomic E-state index is -0.524. The predicted molar refractivity (Wildman–Crippen MR) is 261 cm³/mol. The average Bonchev–Trinajstić information content (AvgIpc) is 3.85. The van der Waals surface area contributed by atoms with Crippen molar-refractivity contribution in [2.45, 2.75) is 10.8 Å². The molecule has 0 saturated heterocycles. The fraction of sp³-hybridized carbons (Fsp3) is 0.0323. The lowest BCUT2D eigenvalue weighted by Gasteiger charge is -2.35. The largest absolute Gasteiger partial charge is 0.309 e. The summed E-state index contributed by atoms with van der Waals surface area (Å²) in [6.45, 7) is 0. The van der Waals surface area contributed by atoms with Gasteiger partial charge in [-0.15, -0.1) is 0 Å². The van der Waals surface area contributed by atoms with Crippen LogP contribution in [-0.2, 0) is 10.8 Å². The SMILES string of the molecule is c1ccc(-c2ccccc2N(c2ccc(C3(c4ccccc4)c4ccccc4-c4ccccc43)cc2)c2cccc3c2-c2ccccc2C3(c2ccccc2)c2ccccc2)cc1. The van der Waals surface area contributed by atoms with Gasteiger partial charge in [0.1, 0.15) is 0 Å². The lowest BCUT2D eigenvalue weighted by molar-refractivity contribution is 0.768. The molecule has 0 aliphatic heterocycles. The Kier molecular flexibility index (Phi) is 8.69. The zero-order valence-corrected chi connectivity index (χ0v) is 34.8. The Bertz CT molecular complexity index is 3180. The summed E-state index contributed by atoms with van der Waals surface area (Å²) < 4.78 is 0. The molecule has 2 aliphatic carbocycles. The molecule has 0 aromatic heterocycles. The van der Waals surface area contributed by atoms with Gasteiger partial charge in [-0.1, -0.05) is 237 Å². The highest BCUT2D eigenvalue weighted by Gasteiger charge is 2.48. The monoisotopic (exact) mass is 801 g/mol. The highest BCUT2D eigenvalue weighted by Crippen LogP contribution is 2.60. The number of para-hydroxylation sites is 1. The van der Waals surface area contributed by atoms with Gasteiger partial charge in [-0.05, 0) is 91.0 Å². The van der Waals surface area contributed by atoms with Crippen LogP contribution in [0.1, 0.15) is 44.5 Å². The van der Waals surface area contributed by atoms with Crippen LogP contribution in [0, 0.1) is 0 Å². The van der Waals surface area contributed by atoms with Crippen molar-refractivity contribution >= 4 is 17.1 Å². The van der Waals surface area contributed by atoms with Gasteiger partial charge in [0.25, 0.3) is 0 Å². The molecule has 0 amide bonds. The first-order valence-electron chi connectivity index (χ1n) is 21.9. The van der Waals surface area contributed by atoms with E-state index in [1.54, 1.807) is 0 Å². The minimum absolute atomic E-state index is 0.488. The van der Waals surface area contributed by atoms with E-state index < -0.39 is 10.8 Å². The van der Waals surface area contributed by atoms with Crippen LogP contribution in [0.3, 0.4) is 0 Å². The second-order valence-corrected chi connectivity index (χ2v) is 16.7. The number of hydrogen-bond acceptors (Lipinski definition) is 1. The van der Waals surface area contributed by atoms with Crippen molar-refractivity contribution in [3.05, 3.63) is 305 Å². The number of hydrogen-bond donors (Lipinski definition) is 0. The van der Waals surface area contributed by atoms with Crippen molar-refractivity contribution in [3.63, 3.8) is 0 Å². The van der Waals surface area contributed by atoms with E-state index in [0.29, 0.717) is 0 Å². The molecular formula is C62H43N. The molecule has 10 aromatic rings. The van der Waals surface area contributed by atoms with Crippen molar-refractivity contribution in [1.29, 1.82) is 0 Å². The van der Waals surface area contributed by atoms with Crippen LogP contribution in [0.2, 0.25) is 0 Å². The molecule has 1 nitrogen and oxygen atoms in total. The number of rotatable bonds is 8. The summed E-state index contributed by atoms with van der Waals surface area (Å²) in [6.07, 6.45) is 0. The van der Waals surface area contributed by atoms with E-state index in [4.69, 9.17) is 0 Å². The summed E-state index contributed by atoms with van der Waals surface area (Å²) in [7, 11) is 0. The van der Waals surface area contributed by atoms with Gasteiger partial charge < -0.3 is 4.90 Å². The smallest absolute Gasteiger partial charge is 0.0714 e. The normalized spacial score (nSPS) is 13.7. The Morgan fingerprint density at radius 3 is 1.14 bits per heavy atom. The molecule has 1 heteroatoms. The Morgan fingerprint density at radius 2 is 0.603 bits per heavy atom. The molecule has 2 aliphatic rings. The molecule has 0 N–H and O–H groups in total. The predicted octanol–water partition coefficient (Wildman–Crippen LogP) is 15.5. The fourth-order valence-corrected chi connectivity index (χ4v) is 11.2. The molecule has 10 aromatic carbocycles. The Hall–Kier alpha value is -8.00. The summed E-state index contributed by atoms with van der Waals surface area (Å²) in [5.74, 6) is 0. The highest BCUT2D eigenvalue weighted by molar-refractivity contribution is 5.99. The summed E-state index contributed by atoms with van der Waals surface area (Å²) in [4.78, 5) is 2.51. The Labute approximate surface area is 369 Å². The summed E-state index contributed by atoms with van der Waals surface area (Å²) in [5, 5.41) is 0. The minimum Gasteiger partial charge on any atom is -0.309 e. The van der Waals surface area contributed by atoms with Crippen LogP contribution < -0.4 is 4.90 Å². The highest BCUT2D eigenvalue weighted by atomic mass is 15.1. The van der Waals surface area contributed by atoms with Gasteiger partial charge in [-0.2, -0.15) is 0 Å². The van der Waals surface area contributed by atoms with Crippen molar-refractivity contribution in [1.82, 2.24) is 0 Å². The molecule has 0 radical (unpaired) electrons. The first kappa shape index (κ1) is 36.8. The van der Waals surface area contributed by atoms with E-state index >= 15 is 0 Å². The van der Waals surface area contributed by atoms with Crippen LogP contribution in [0.5, 0.6) is 0 Å². The molecular weight excluding hydrogens is 759 g/mol. The van der Waals surface area contributed by atoms with E-state index in [1.807, 2.05) is 0 Å². The maximum Gasteiger partial charge on any atom is 0.0714 e. The molecule has 0 unspecified atom stereocenters. The maximum atomic E-state index is 2.51. The lowest BCUT2D eigenvalue weighted by atomic mass is 9.67. The van der Waals surface area contributed by atoms with Crippen LogP contribution in [0.4, 0.5) is 17.1 Å². The third kappa shape index (κ3) is 5.43. The van der Waals surface area contributed by atoms with E-state index in [2.05, 4.69) is 266 Å². The standard InChI is InChI=1S/C62H43N/c1-5-22-44(23-6-1)50-30-16-20-38-58(50)63(49-42-40-48(41-43-49)61(45-24-7-2-8-25-45)54-34-17-13-31-51(54)52-32-14-18-35-55(52)61)59-39-21-37-57-60(59)53-33-15-19-36-56(53)62(57,46-26-9-3-10-27-46)47-28-11-4-12-29-47/h1-43H. The Morgan fingerprint density at radius 1 is 0.238 bits per heavy atom. The van der Waals surface area contributed by atoms with Gasteiger partial charge in [0.15, 0.2) is 0 Å². The van der Waals surface area contributed by atoms with E-state index in [1.165, 1.54) is 77.9 Å². The van der Waals surface area contributed by atoms with Gasteiger partial charge in [0.2, 0.25) is 0 Å². The third-order valence-electron chi connectivity index (χ3n) is 13.6. The van der Waals surface area contributed by atoms with Crippen molar-refractivity contribution < 1.29 is 0 Å². The molecule has 63 heavy (non-hydrogen) atoms. The molecule has 0 spiro atoms. The van der Waals surface area contributed by atoms with Crippen LogP contribution in [0.15, 0.2) is 261 Å². The third-order valence-corrected chi connectivity index (χ3v) is 13.6. The number of benzene rings is 10. The van der Waals surface area contributed by atoms with Crippen molar-refractivity contribution in [2.75, 3.05) is 4.90 Å². The maximum absolute atomic E-state index is 2.51. The van der Waals surface area contributed by atoms with E-state index in [0.717, 1.165) is 17.1 Å². The molecule has 0 heterocycles. The van der Waals surface area contributed by atoms with E-state index in [9.17, 15) is 0 Å². The lowest BCUT2D eigenvalue weighted by Crippen LogP contribution is -2.28. The number of anilines is 3. The molecule has 0 atom stereocenters. The molecule has 0 fully saturated rings. The molecule has 296 valence electrons. The number of nitrogens with zero attached hydrogens (tertiary/aromatic N) is 1. The summed E-state index contributed by atoms with van der Waals surface area (Å²) in [5.41, 5.74) is 19.9. The summed E-state index contributed by atoms with van der Waals surface area (Å²) in [6, 6.07) is 96.4. The van der Waals surface area contributed by atoms with Crippen LogP contribution in [0.25, 0.3) is 33.4 Å².